The number of ether oxygens (including phenoxy) is 1. The molecule has 0 aliphatic rings. The number of nitriles is 1. The van der Waals surface area contributed by atoms with Gasteiger partial charge in [-0.1, -0.05) is 17.8 Å². The summed E-state index contributed by atoms with van der Waals surface area (Å²) in [4.78, 5) is 12.5. The lowest BCUT2D eigenvalue weighted by Gasteiger charge is -2.04. The third kappa shape index (κ3) is 2.93. The minimum absolute atomic E-state index is 0.264. The van der Waals surface area contributed by atoms with Gasteiger partial charge < -0.3 is 10.5 Å². The standard InChI is InChI=1S/C15H13N5O2S2/c1-2-22-14(21)12-10(9(7-16)13(17)24-12)8-23-15-19-18-11-5-3-4-6-20(11)15/h3-6H,2,8,17H2,1H3. The maximum absolute atomic E-state index is 12.1. The molecule has 9 heteroatoms. The summed E-state index contributed by atoms with van der Waals surface area (Å²) in [6, 6.07) is 7.68. The van der Waals surface area contributed by atoms with Gasteiger partial charge in [0.2, 0.25) is 0 Å². The SMILES string of the molecule is CCOC(=O)c1sc(N)c(C#N)c1CSc1nnc2ccccn12. The molecule has 0 fully saturated rings. The second-order valence-electron chi connectivity index (χ2n) is 4.68. The number of carbonyl (C=O) groups is 1. The molecule has 0 atom stereocenters. The predicted molar refractivity (Wildman–Crippen MR) is 92.0 cm³/mol. The molecule has 0 aliphatic carbocycles. The number of aromatic nitrogens is 3. The van der Waals surface area contributed by atoms with Gasteiger partial charge in [-0.05, 0) is 19.1 Å². The summed E-state index contributed by atoms with van der Waals surface area (Å²) in [6.45, 7) is 2.00. The minimum Gasteiger partial charge on any atom is -0.462 e. The van der Waals surface area contributed by atoms with Crippen LogP contribution < -0.4 is 5.73 Å². The van der Waals surface area contributed by atoms with E-state index >= 15 is 0 Å². The van der Waals surface area contributed by atoms with Crippen molar-refractivity contribution in [3.63, 3.8) is 0 Å². The molecule has 0 saturated heterocycles. The normalized spacial score (nSPS) is 10.7. The van der Waals surface area contributed by atoms with Crippen LogP contribution in [0.25, 0.3) is 5.65 Å². The molecule has 0 aliphatic heterocycles. The second-order valence-corrected chi connectivity index (χ2v) is 6.68. The molecule has 2 N–H and O–H groups in total. The van der Waals surface area contributed by atoms with Gasteiger partial charge in [0, 0.05) is 17.5 Å². The van der Waals surface area contributed by atoms with Crippen LogP contribution in [0, 0.1) is 11.3 Å². The van der Waals surface area contributed by atoms with Crippen LogP contribution in [-0.4, -0.2) is 27.2 Å². The molecule has 0 radical (unpaired) electrons. The first-order valence-electron chi connectivity index (χ1n) is 7.06. The van der Waals surface area contributed by atoms with Gasteiger partial charge in [0.05, 0.1) is 12.2 Å². The Morgan fingerprint density at radius 1 is 1.50 bits per heavy atom. The van der Waals surface area contributed by atoms with E-state index in [2.05, 4.69) is 16.3 Å². The number of carbonyl (C=O) groups excluding carboxylic acids is 1. The highest BCUT2D eigenvalue weighted by Crippen LogP contribution is 2.35. The zero-order valence-electron chi connectivity index (χ0n) is 12.7. The van der Waals surface area contributed by atoms with Crippen molar-refractivity contribution in [2.24, 2.45) is 0 Å². The van der Waals surface area contributed by atoms with Crippen LogP contribution in [0.4, 0.5) is 5.00 Å². The summed E-state index contributed by atoms with van der Waals surface area (Å²) < 4.78 is 6.90. The van der Waals surface area contributed by atoms with Gasteiger partial charge in [0.15, 0.2) is 10.8 Å². The summed E-state index contributed by atoms with van der Waals surface area (Å²) in [5, 5.41) is 18.5. The topological polar surface area (TPSA) is 106 Å². The molecular weight excluding hydrogens is 346 g/mol. The van der Waals surface area contributed by atoms with Gasteiger partial charge in [-0.25, -0.2) is 4.79 Å². The molecule has 0 aromatic carbocycles. The average Bonchev–Trinajstić information content (AvgIpc) is 3.13. The van der Waals surface area contributed by atoms with Crippen molar-refractivity contribution in [1.82, 2.24) is 14.6 Å². The molecule has 7 nitrogen and oxygen atoms in total. The summed E-state index contributed by atoms with van der Waals surface area (Å²) in [6.07, 6.45) is 1.86. The Bertz CT molecular complexity index is 941. The molecule has 3 aromatic heterocycles. The number of hydrogen-bond donors (Lipinski definition) is 1. The number of nitrogen functional groups attached to an aromatic ring is 1. The Balaban J connectivity index is 1.92. The fourth-order valence-corrected chi connectivity index (χ4v) is 4.14. The molecule has 0 spiro atoms. The van der Waals surface area contributed by atoms with E-state index in [0.29, 0.717) is 31.9 Å². The number of nitrogens with two attached hydrogens (primary N) is 1. The molecule has 0 saturated carbocycles. The highest BCUT2D eigenvalue weighted by molar-refractivity contribution is 7.98. The lowest BCUT2D eigenvalue weighted by Crippen LogP contribution is -2.05. The zero-order chi connectivity index (χ0) is 17.1. The van der Waals surface area contributed by atoms with Crippen LogP contribution in [0.5, 0.6) is 0 Å². The van der Waals surface area contributed by atoms with E-state index < -0.39 is 5.97 Å². The number of nitrogens with zero attached hydrogens (tertiary/aromatic N) is 4. The first-order valence-corrected chi connectivity index (χ1v) is 8.86. The first kappa shape index (κ1) is 16.3. The second kappa shape index (κ2) is 6.90. The lowest BCUT2D eigenvalue weighted by molar-refractivity contribution is 0.0531. The van der Waals surface area contributed by atoms with E-state index in [9.17, 15) is 10.1 Å². The van der Waals surface area contributed by atoms with Crippen LogP contribution in [0.15, 0.2) is 29.6 Å². The number of pyridine rings is 1. The van der Waals surface area contributed by atoms with Crippen molar-refractivity contribution >= 4 is 39.7 Å². The molecule has 3 aromatic rings. The Morgan fingerprint density at radius 3 is 3.08 bits per heavy atom. The Morgan fingerprint density at radius 2 is 2.33 bits per heavy atom. The molecule has 0 amide bonds. The Labute approximate surface area is 146 Å². The number of thiophene rings is 1. The number of thioether (sulfide) groups is 1. The number of anilines is 1. The Hall–Kier alpha value is -2.57. The van der Waals surface area contributed by atoms with Crippen molar-refractivity contribution in [2.75, 3.05) is 12.3 Å². The summed E-state index contributed by atoms with van der Waals surface area (Å²) >= 11 is 2.46. The van der Waals surface area contributed by atoms with Gasteiger partial charge in [0.25, 0.3) is 0 Å². The highest BCUT2D eigenvalue weighted by atomic mass is 32.2. The number of hydrogen-bond acceptors (Lipinski definition) is 8. The van der Waals surface area contributed by atoms with Crippen molar-refractivity contribution in [3.05, 3.63) is 40.4 Å². The third-order valence-electron chi connectivity index (χ3n) is 3.23. The fraction of sp³-hybridized carbons (Fsp3) is 0.200. The van der Waals surface area contributed by atoms with Crippen molar-refractivity contribution in [1.29, 1.82) is 5.26 Å². The number of esters is 1. The van der Waals surface area contributed by atoms with Crippen molar-refractivity contribution < 1.29 is 9.53 Å². The fourth-order valence-electron chi connectivity index (χ4n) is 2.16. The van der Waals surface area contributed by atoms with Crippen molar-refractivity contribution in [2.45, 2.75) is 17.8 Å². The molecule has 24 heavy (non-hydrogen) atoms. The molecule has 122 valence electrons. The lowest BCUT2D eigenvalue weighted by atomic mass is 10.2. The van der Waals surface area contributed by atoms with Gasteiger partial charge in [-0.2, -0.15) is 5.26 Å². The van der Waals surface area contributed by atoms with Gasteiger partial charge in [-0.3, -0.25) is 4.40 Å². The van der Waals surface area contributed by atoms with Gasteiger partial charge in [-0.15, -0.1) is 21.5 Å². The van der Waals surface area contributed by atoms with Crippen LogP contribution in [0.1, 0.15) is 27.7 Å². The molecule has 3 heterocycles. The smallest absolute Gasteiger partial charge is 0.348 e. The zero-order valence-corrected chi connectivity index (χ0v) is 14.4. The quantitative estimate of drug-likeness (QED) is 0.551. The van der Waals surface area contributed by atoms with Crippen LogP contribution >= 0.6 is 23.1 Å². The van der Waals surface area contributed by atoms with Crippen LogP contribution in [0.3, 0.4) is 0 Å². The van der Waals surface area contributed by atoms with E-state index in [-0.39, 0.29) is 6.61 Å². The van der Waals surface area contributed by atoms with E-state index in [4.69, 9.17) is 10.5 Å². The number of rotatable bonds is 5. The van der Waals surface area contributed by atoms with E-state index in [0.717, 1.165) is 17.0 Å². The summed E-state index contributed by atoms with van der Waals surface area (Å²) in [5.41, 5.74) is 7.51. The van der Waals surface area contributed by atoms with E-state index in [1.54, 1.807) is 6.92 Å². The average molecular weight is 359 g/mol. The summed E-state index contributed by atoms with van der Waals surface area (Å²) in [7, 11) is 0. The monoisotopic (exact) mass is 359 g/mol. The highest BCUT2D eigenvalue weighted by Gasteiger charge is 2.23. The van der Waals surface area contributed by atoms with Crippen LogP contribution in [0.2, 0.25) is 0 Å². The first-order chi connectivity index (χ1) is 11.7. The third-order valence-corrected chi connectivity index (χ3v) is 5.25. The number of fused-ring (bicyclic) bond motifs is 1. The summed E-state index contributed by atoms with van der Waals surface area (Å²) in [5.74, 6) is -0.0853. The molecule has 0 unspecified atom stereocenters. The molecule has 0 bridgehead atoms. The van der Waals surface area contributed by atoms with Gasteiger partial charge in [0.1, 0.15) is 15.9 Å². The Kier molecular flexibility index (Phi) is 4.69. The van der Waals surface area contributed by atoms with E-state index in [1.807, 2.05) is 28.8 Å². The van der Waals surface area contributed by atoms with Gasteiger partial charge >= 0.3 is 5.97 Å². The van der Waals surface area contributed by atoms with Crippen LogP contribution in [-0.2, 0) is 10.5 Å². The minimum atomic E-state index is -0.461. The maximum Gasteiger partial charge on any atom is 0.348 e. The largest absolute Gasteiger partial charge is 0.462 e. The molecule has 3 rings (SSSR count). The molecular formula is C15H13N5O2S2. The van der Waals surface area contributed by atoms with E-state index in [1.165, 1.54) is 11.8 Å². The van der Waals surface area contributed by atoms with Crippen molar-refractivity contribution in [3.8, 4) is 6.07 Å². The maximum atomic E-state index is 12.1. The predicted octanol–water partition coefficient (Wildman–Crippen LogP) is 2.71.